The van der Waals surface area contributed by atoms with Crippen molar-refractivity contribution in [2.45, 2.75) is 118 Å². The summed E-state index contributed by atoms with van der Waals surface area (Å²) in [6.07, 6.45) is 12.6. The molecule has 6 rings (SSSR count). The van der Waals surface area contributed by atoms with E-state index < -0.39 is 0 Å². The van der Waals surface area contributed by atoms with Crippen LogP contribution in [0.15, 0.2) is 11.6 Å². The first kappa shape index (κ1) is 22.6. The maximum Gasteiger partial charge on any atom is 0.312 e. The number of carbonyl (C=O) groups is 1. The predicted molar refractivity (Wildman–Crippen MR) is 130 cm³/mol. The van der Waals surface area contributed by atoms with Crippen LogP contribution < -0.4 is 0 Å². The van der Waals surface area contributed by atoms with Crippen molar-refractivity contribution in [3.8, 4) is 0 Å². The molecule has 0 spiro atoms. The fraction of sp³-hybridized carbons (Fsp3) is 0.900. The third kappa shape index (κ3) is 2.44. The maximum absolute atomic E-state index is 12.8. The molecule has 3 nitrogen and oxygen atoms in total. The fourth-order valence-electron chi connectivity index (χ4n) is 11.1. The first-order valence-corrected chi connectivity index (χ1v) is 13.8. The lowest BCUT2D eigenvalue weighted by Gasteiger charge is -2.71. The van der Waals surface area contributed by atoms with E-state index in [1.54, 1.807) is 5.57 Å². The van der Waals surface area contributed by atoms with Gasteiger partial charge in [0.25, 0.3) is 0 Å². The molecule has 0 aromatic rings. The fourth-order valence-corrected chi connectivity index (χ4v) is 11.1. The first-order valence-electron chi connectivity index (χ1n) is 13.8. The lowest BCUT2D eigenvalue weighted by atomic mass is 9.33. The van der Waals surface area contributed by atoms with Gasteiger partial charge in [-0.25, -0.2) is 0 Å². The molecule has 184 valence electrons. The number of hydrogen-bond acceptors (Lipinski definition) is 3. The van der Waals surface area contributed by atoms with Crippen LogP contribution in [0, 0.1) is 50.2 Å². The molecule has 5 aliphatic carbocycles. The zero-order valence-electron chi connectivity index (χ0n) is 22.1. The van der Waals surface area contributed by atoms with Crippen LogP contribution in [0.4, 0.5) is 0 Å². The van der Waals surface area contributed by atoms with Gasteiger partial charge in [-0.3, -0.25) is 4.79 Å². The lowest BCUT2D eigenvalue weighted by molar-refractivity contribution is -0.204. The Labute approximate surface area is 201 Å². The number of hydrogen-bond donors (Lipinski definition) is 1. The quantitative estimate of drug-likeness (QED) is 0.328. The molecule has 1 N–H and O–H groups in total. The Bertz CT molecular complexity index is 935. The van der Waals surface area contributed by atoms with Crippen LogP contribution in [0.2, 0.25) is 0 Å². The SMILES string of the molecule is CC1(C)[C@H](O)CC[C@]2(C)[C@@H]1CC[C@@]1(C)[C@H]2CC=C2[C@H]3C[C@]4(C)C[C@@H](OC4=O)[C@@]3(C)CC[C@@]21C. The Morgan fingerprint density at radius 3 is 2.33 bits per heavy atom. The van der Waals surface area contributed by atoms with Gasteiger partial charge in [0.05, 0.1) is 11.5 Å². The third-order valence-electron chi connectivity index (χ3n) is 13.6. The van der Waals surface area contributed by atoms with Gasteiger partial charge in [-0.1, -0.05) is 53.2 Å². The summed E-state index contributed by atoms with van der Waals surface area (Å²) in [5.74, 6) is 1.79. The van der Waals surface area contributed by atoms with Crippen LogP contribution >= 0.6 is 0 Å². The summed E-state index contributed by atoms with van der Waals surface area (Å²) in [7, 11) is 0. The number of ether oxygens (including phenoxy) is 1. The van der Waals surface area contributed by atoms with Gasteiger partial charge < -0.3 is 9.84 Å². The van der Waals surface area contributed by atoms with Crippen molar-refractivity contribution in [3.63, 3.8) is 0 Å². The number of esters is 1. The zero-order valence-corrected chi connectivity index (χ0v) is 22.1. The molecule has 4 saturated carbocycles. The Morgan fingerprint density at radius 1 is 0.879 bits per heavy atom. The highest BCUT2D eigenvalue weighted by molar-refractivity contribution is 5.79. The standard InChI is InChI=1S/C30H46O3/c1-25(2)20-10-13-30(7)21(28(20,5)12-11-22(25)31)9-8-18-19-16-26(3)17-23(33-24(26)32)27(19,4)14-15-29(18,30)6/h8,19-23,31H,9-17H2,1-7H3/t19-,20-,21+,22-,23-,26-,27+,28-,29+,30+/m1/s1. The van der Waals surface area contributed by atoms with E-state index in [0.29, 0.717) is 17.8 Å². The van der Waals surface area contributed by atoms with Crippen LogP contribution in [-0.4, -0.2) is 23.3 Å². The van der Waals surface area contributed by atoms with Crippen LogP contribution in [0.5, 0.6) is 0 Å². The van der Waals surface area contributed by atoms with Crippen LogP contribution in [0.1, 0.15) is 106 Å². The second kappa shape index (κ2) is 6.29. The van der Waals surface area contributed by atoms with Crippen molar-refractivity contribution in [2.24, 2.45) is 50.2 Å². The number of fused-ring (bicyclic) bond motifs is 10. The van der Waals surface area contributed by atoms with Gasteiger partial charge in [-0.15, -0.1) is 0 Å². The Hall–Kier alpha value is -0.830. The molecule has 0 aromatic carbocycles. The van der Waals surface area contributed by atoms with E-state index in [1.165, 1.54) is 32.1 Å². The summed E-state index contributed by atoms with van der Waals surface area (Å²) >= 11 is 0. The summed E-state index contributed by atoms with van der Waals surface area (Å²) in [4.78, 5) is 12.8. The summed E-state index contributed by atoms with van der Waals surface area (Å²) in [6.45, 7) is 17.1. The van der Waals surface area contributed by atoms with Gasteiger partial charge >= 0.3 is 5.97 Å². The molecular weight excluding hydrogens is 408 g/mol. The third-order valence-corrected chi connectivity index (χ3v) is 13.6. The van der Waals surface area contributed by atoms with E-state index in [-0.39, 0.29) is 50.7 Å². The second-order valence-corrected chi connectivity index (χ2v) is 15.1. The summed E-state index contributed by atoms with van der Waals surface area (Å²) in [5.41, 5.74) is 2.25. The van der Waals surface area contributed by atoms with E-state index in [9.17, 15) is 9.90 Å². The van der Waals surface area contributed by atoms with Crippen LogP contribution in [0.25, 0.3) is 0 Å². The van der Waals surface area contributed by atoms with Crippen molar-refractivity contribution in [3.05, 3.63) is 11.6 Å². The normalized spacial score (nSPS) is 58.8. The summed E-state index contributed by atoms with van der Waals surface area (Å²) in [6, 6.07) is 0. The minimum absolute atomic E-state index is 0.000773. The average Bonchev–Trinajstić information content (AvgIpc) is 3.00. The molecule has 0 aromatic heterocycles. The Kier molecular flexibility index (Phi) is 4.31. The van der Waals surface area contributed by atoms with Crippen LogP contribution in [-0.2, 0) is 9.53 Å². The topological polar surface area (TPSA) is 46.5 Å². The Balaban J connectivity index is 1.43. The summed E-state index contributed by atoms with van der Waals surface area (Å²) in [5, 5.41) is 10.9. The van der Waals surface area contributed by atoms with Crippen molar-refractivity contribution in [1.29, 1.82) is 0 Å². The number of carbonyl (C=O) groups excluding carboxylic acids is 1. The molecule has 10 atom stereocenters. The smallest absolute Gasteiger partial charge is 0.312 e. The van der Waals surface area contributed by atoms with Crippen molar-refractivity contribution < 1.29 is 14.6 Å². The van der Waals surface area contributed by atoms with Gasteiger partial charge in [-0.2, -0.15) is 0 Å². The van der Waals surface area contributed by atoms with Gasteiger partial charge in [0.1, 0.15) is 6.10 Å². The van der Waals surface area contributed by atoms with Crippen molar-refractivity contribution >= 4 is 5.97 Å². The largest absolute Gasteiger partial charge is 0.461 e. The molecule has 1 aliphatic heterocycles. The summed E-state index contributed by atoms with van der Waals surface area (Å²) < 4.78 is 6.03. The van der Waals surface area contributed by atoms with Gasteiger partial charge in [0.15, 0.2) is 0 Å². The molecule has 2 bridgehead atoms. The zero-order chi connectivity index (χ0) is 23.8. The minimum atomic E-state index is -0.293. The monoisotopic (exact) mass is 454 g/mol. The molecule has 1 heterocycles. The second-order valence-electron chi connectivity index (χ2n) is 15.1. The molecule has 0 amide bonds. The minimum Gasteiger partial charge on any atom is -0.461 e. The van der Waals surface area contributed by atoms with Crippen molar-refractivity contribution in [2.75, 3.05) is 0 Å². The highest BCUT2D eigenvalue weighted by Crippen LogP contribution is 2.76. The van der Waals surface area contributed by atoms with E-state index in [1.807, 2.05) is 0 Å². The number of aliphatic hydroxyl groups excluding tert-OH is 1. The van der Waals surface area contributed by atoms with E-state index in [2.05, 4.69) is 54.5 Å². The average molecular weight is 455 g/mol. The first-order chi connectivity index (χ1) is 15.2. The Morgan fingerprint density at radius 2 is 1.61 bits per heavy atom. The molecule has 0 unspecified atom stereocenters. The molecule has 0 radical (unpaired) electrons. The molecule has 5 fully saturated rings. The van der Waals surface area contributed by atoms with E-state index in [0.717, 1.165) is 25.7 Å². The van der Waals surface area contributed by atoms with E-state index in [4.69, 9.17) is 4.74 Å². The molecule has 3 heteroatoms. The number of rotatable bonds is 0. The van der Waals surface area contributed by atoms with E-state index >= 15 is 0 Å². The number of allylic oxidation sites excluding steroid dienone is 2. The molecular formula is C30H46O3. The molecule has 6 aliphatic rings. The van der Waals surface area contributed by atoms with Crippen molar-refractivity contribution in [1.82, 2.24) is 0 Å². The number of aliphatic hydroxyl groups is 1. The van der Waals surface area contributed by atoms with Crippen LogP contribution in [0.3, 0.4) is 0 Å². The highest BCUT2D eigenvalue weighted by atomic mass is 16.6. The van der Waals surface area contributed by atoms with Gasteiger partial charge in [0, 0.05) is 11.8 Å². The van der Waals surface area contributed by atoms with Gasteiger partial charge in [-0.05, 0) is 97.7 Å². The predicted octanol–water partition coefficient (Wildman–Crippen LogP) is 6.68. The van der Waals surface area contributed by atoms with Gasteiger partial charge in [0.2, 0.25) is 0 Å². The molecule has 1 saturated heterocycles. The highest BCUT2D eigenvalue weighted by Gasteiger charge is 2.70. The maximum atomic E-state index is 12.8. The molecule has 33 heavy (non-hydrogen) atoms. The lowest BCUT2D eigenvalue weighted by Crippen LogP contribution is -2.65.